The van der Waals surface area contributed by atoms with Gasteiger partial charge in [0.25, 0.3) is 0 Å². The molecule has 0 atom stereocenters. The van der Waals surface area contributed by atoms with E-state index < -0.39 is 21.2 Å². The SMILES string of the molecule is Clc1ccc([I+]c2ccc(Cl)cc2Cl)c(Cl)c1.[Cl-]. The molecule has 0 heterocycles. The molecule has 0 saturated heterocycles. The molecule has 0 N–H and O–H groups in total. The van der Waals surface area contributed by atoms with Crippen molar-refractivity contribution in [3.8, 4) is 0 Å². The first kappa shape index (κ1) is 16.7. The summed E-state index contributed by atoms with van der Waals surface area (Å²) in [6.07, 6.45) is 0. The lowest BCUT2D eigenvalue weighted by Crippen LogP contribution is -3.61. The van der Waals surface area contributed by atoms with Crippen LogP contribution < -0.4 is 33.6 Å². The van der Waals surface area contributed by atoms with Crippen LogP contribution in [0.1, 0.15) is 0 Å². The van der Waals surface area contributed by atoms with Crippen molar-refractivity contribution in [1.82, 2.24) is 0 Å². The maximum atomic E-state index is 6.14. The molecule has 0 fully saturated rings. The van der Waals surface area contributed by atoms with E-state index in [1.165, 1.54) is 0 Å². The largest absolute Gasteiger partial charge is 1.00 e. The second-order valence-electron chi connectivity index (χ2n) is 3.21. The fraction of sp³-hybridized carbons (Fsp3) is 0. The molecular formula is C12H6Cl5I. The normalized spacial score (nSPS) is 10.0. The van der Waals surface area contributed by atoms with Crippen molar-refractivity contribution < 1.29 is 33.6 Å². The molecule has 0 aliphatic heterocycles. The van der Waals surface area contributed by atoms with E-state index in [9.17, 15) is 0 Å². The zero-order valence-corrected chi connectivity index (χ0v) is 14.7. The summed E-state index contributed by atoms with van der Waals surface area (Å²) in [5, 5.41) is 2.67. The van der Waals surface area contributed by atoms with Gasteiger partial charge in [0.05, 0.1) is 10.0 Å². The highest BCUT2D eigenvalue weighted by Gasteiger charge is 2.22. The van der Waals surface area contributed by atoms with Crippen molar-refractivity contribution in [2.24, 2.45) is 0 Å². The van der Waals surface area contributed by atoms with Crippen LogP contribution in [-0.2, 0) is 0 Å². The molecule has 0 amide bonds. The molecule has 18 heavy (non-hydrogen) atoms. The van der Waals surface area contributed by atoms with Crippen molar-refractivity contribution in [2.75, 3.05) is 0 Å². The van der Waals surface area contributed by atoms with Gasteiger partial charge in [-0.2, -0.15) is 0 Å². The van der Waals surface area contributed by atoms with Crippen LogP contribution in [-0.4, -0.2) is 0 Å². The Balaban J connectivity index is 0.00000162. The lowest BCUT2D eigenvalue weighted by molar-refractivity contribution is -0.597. The predicted molar refractivity (Wildman–Crippen MR) is 70.3 cm³/mol. The summed E-state index contributed by atoms with van der Waals surface area (Å²) in [4.78, 5) is 0. The van der Waals surface area contributed by atoms with Gasteiger partial charge in [0.15, 0.2) is 0 Å². The molecule has 0 bridgehead atoms. The lowest BCUT2D eigenvalue weighted by Gasteiger charge is -1.95. The maximum Gasteiger partial charge on any atom is 0.361 e. The Morgan fingerprint density at radius 1 is 0.667 bits per heavy atom. The Labute approximate surface area is 142 Å². The van der Waals surface area contributed by atoms with E-state index in [0.717, 1.165) is 7.14 Å². The molecule has 6 heteroatoms. The molecule has 0 radical (unpaired) electrons. The van der Waals surface area contributed by atoms with Crippen LogP contribution in [0.5, 0.6) is 0 Å². The van der Waals surface area contributed by atoms with E-state index in [1.54, 1.807) is 12.1 Å². The van der Waals surface area contributed by atoms with Gasteiger partial charge < -0.3 is 12.4 Å². The van der Waals surface area contributed by atoms with Crippen LogP contribution in [0, 0.1) is 7.14 Å². The number of hydrogen-bond acceptors (Lipinski definition) is 0. The van der Waals surface area contributed by atoms with Crippen LogP contribution in [0.25, 0.3) is 0 Å². The first-order valence-electron chi connectivity index (χ1n) is 4.61. The zero-order chi connectivity index (χ0) is 12.4. The van der Waals surface area contributed by atoms with E-state index >= 15 is 0 Å². The molecule has 2 aromatic carbocycles. The van der Waals surface area contributed by atoms with Crippen molar-refractivity contribution in [1.29, 1.82) is 0 Å². The smallest absolute Gasteiger partial charge is 0.361 e. The van der Waals surface area contributed by atoms with Gasteiger partial charge in [0.2, 0.25) is 7.14 Å². The van der Waals surface area contributed by atoms with Crippen molar-refractivity contribution in [2.45, 2.75) is 0 Å². The van der Waals surface area contributed by atoms with Crippen molar-refractivity contribution in [3.63, 3.8) is 0 Å². The molecule has 0 aromatic heterocycles. The number of rotatable bonds is 2. The summed E-state index contributed by atoms with van der Waals surface area (Å²) in [6.45, 7) is 0. The van der Waals surface area contributed by atoms with Gasteiger partial charge in [-0.15, -0.1) is 0 Å². The third-order valence-electron chi connectivity index (χ3n) is 1.97. The predicted octanol–water partition coefficient (Wildman–Crippen LogP) is -0.567. The Morgan fingerprint density at radius 2 is 1.06 bits per heavy atom. The monoisotopic (exact) mass is 452 g/mol. The fourth-order valence-electron chi connectivity index (χ4n) is 1.20. The summed E-state index contributed by atoms with van der Waals surface area (Å²) < 4.78 is 2.19. The van der Waals surface area contributed by atoms with Crippen LogP contribution in [0.4, 0.5) is 0 Å². The molecule has 2 aromatic rings. The molecule has 0 aliphatic carbocycles. The Morgan fingerprint density at radius 3 is 1.39 bits per heavy atom. The minimum atomic E-state index is -0.421. The van der Waals surface area contributed by atoms with E-state index in [-0.39, 0.29) is 12.4 Å². The standard InChI is InChI=1S/C12H6Cl4I.ClH/c13-7-1-3-11(9(15)5-7)17-12-4-2-8(14)6-10(12)16;/h1-6H;1H/q+1;/p-1. The van der Waals surface area contributed by atoms with Crippen LogP contribution >= 0.6 is 46.4 Å². The van der Waals surface area contributed by atoms with Crippen molar-refractivity contribution >= 4 is 46.4 Å². The molecule has 0 aliphatic rings. The fourth-order valence-corrected chi connectivity index (χ4v) is 4.67. The van der Waals surface area contributed by atoms with E-state index in [0.29, 0.717) is 20.1 Å². The van der Waals surface area contributed by atoms with Gasteiger partial charge in [0, 0.05) is 10.0 Å². The molecule has 0 unspecified atom stereocenters. The first-order valence-corrected chi connectivity index (χ1v) is 8.28. The molecule has 0 saturated carbocycles. The second kappa shape index (κ2) is 7.41. The van der Waals surface area contributed by atoms with Crippen LogP contribution in [0.15, 0.2) is 36.4 Å². The number of hydrogen-bond donors (Lipinski definition) is 0. The molecule has 96 valence electrons. The van der Waals surface area contributed by atoms with E-state index in [4.69, 9.17) is 46.4 Å². The van der Waals surface area contributed by atoms with Gasteiger partial charge in [0.1, 0.15) is 0 Å². The minimum Gasteiger partial charge on any atom is -1.00 e. The molecule has 2 rings (SSSR count). The molecular weight excluding hydrogens is 448 g/mol. The van der Waals surface area contributed by atoms with Crippen LogP contribution in [0.3, 0.4) is 0 Å². The highest BCUT2D eigenvalue weighted by molar-refractivity contribution is 6.35. The van der Waals surface area contributed by atoms with Gasteiger partial charge in [-0.1, -0.05) is 46.4 Å². The van der Waals surface area contributed by atoms with Crippen LogP contribution in [0.2, 0.25) is 20.1 Å². The zero-order valence-electron chi connectivity index (χ0n) is 8.73. The number of benzene rings is 2. The highest BCUT2D eigenvalue weighted by atomic mass is 127. The minimum absolute atomic E-state index is 0. The Kier molecular flexibility index (Phi) is 6.87. The summed E-state index contributed by atoms with van der Waals surface area (Å²) in [5.41, 5.74) is 0. The summed E-state index contributed by atoms with van der Waals surface area (Å²) in [6, 6.07) is 11.1. The van der Waals surface area contributed by atoms with Crippen molar-refractivity contribution in [3.05, 3.63) is 63.6 Å². The first-order chi connectivity index (χ1) is 8.06. The van der Waals surface area contributed by atoms with Gasteiger partial charge >= 0.3 is 21.2 Å². The molecule has 0 spiro atoms. The average Bonchev–Trinajstić information content (AvgIpc) is 2.25. The summed E-state index contributed by atoms with van der Waals surface area (Å²) >= 11 is 23.6. The Bertz CT molecular complexity index is 507. The third-order valence-corrected chi connectivity index (χ3v) is 6.74. The number of halogens is 6. The summed E-state index contributed by atoms with van der Waals surface area (Å²) in [7, 11) is 0. The third kappa shape index (κ3) is 4.32. The topological polar surface area (TPSA) is 0 Å². The highest BCUT2D eigenvalue weighted by Crippen LogP contribution is 2.17. The molecule has 0 nitrogen and oxygen atoms in total. The van der Waals surface area contributed by atoms with Gasteiger partial charge in [-0.05, 0) is 36.4 Å². The van der Waals surface area contributed by atoms with E-state index in [1.807, 2.05) is 24.3 Å². The quantitative estimate of drug-likeness (QED) is 0.422. The van der Waals surface area contributed by atoms with Gasteiger partial charge in [-0.3, -0.25) is 0 Å². The summed E-state index contributed by atoms with van der Waals surface area (Å²) in [5.74, 6) is 0. The van der Waals surface area contributed by atoms with E-state index in [2.05, 4.69) is 0 Å². The Hall–Kier alpha value is 0.620. The lowest BCUT2D eigenvalue weighted by atomic mass is 10.4. The second-order valence-corrected chi connectivity index (χ2v) is 7.76. The van der Waals surface area contributed by atoms with Gasteiger partial charge in [-0.25, -0.2) is 0 Å². The average molecular weight is 454 g/mol. The maximum absolute atomic E-state index is 6.14.